The highest BCUT2D eigenvalue weighted by Crippen LogP contribution is 2.18. The Labute approximate surface area is 154 Å². The minimum atomic E-state index is -0.416. The Morgan fingerprint density at radius 2 is 1.92 bits per heavy atom. The maximum Gasteiger partial charge on any atom is 0.407 e. The van der Waals surface area contributed by atoms with E-state index < -0.39 is 6.09 Å². The van der Waals surface area contributed by atoms with Crippen LogP contribution >= 0.6 is 0 Å². The summed E-state index contributed by atoms with van der Waals surface area (Å²) in [6.07, 6.45) is 3.50. The minimum Gasteiger partial charge on any atom is -0.445 e. The smallest absolute Gasteiger partial charge is 0.407 e. The Kier molecular flexibility index (Phi) is 6.67. The van der Waals surface area contributed by atoms with E-state index >= 15 is 0 Å². The lowest BCUT2D eigenvalue weighted by molar-refractivity contribution is 0.122. The molecule has 1 heterocycles. The number of nitrogens with zero attached hydrogens (tertiary/aromatic N) is 1. The van der Waals surface area contributed by atoms with E-state index in [9.17, 15) is 4.79 Å². The molecule has 136 valence electrons. The first-order valence-corrected chi connectivity index (χ1v) is 8.85. The number of nitrogens with one attached hydrogen (secondary N) is 1. The molecule has 0 spiro atoms. The van der Waals surface area contributed by atoms with Crippen LogP contribution < -0.4 is 10.2 Å². The van der Waals surface area contributed by atoms with Crippen LogP contribution in [0.3, 0.4) is 0 Å². The predicted molar refractivity (Wildman–Crippen MR) is 103 cm³/mol. The van der Waals surface area contributed by atoms with E-state index in [-0.39, 0.29) is 6.61 Å². The van der Waals surface area contributed by atoms with Gasteiger partial charge in [-0.25, -0.2) is 4.79 Å². The van der Waals surface area contributed by atoms with Crippen molar-refractivity contribution in [3.8, 4) is 0 Å². The summed E-state index contributed by atoms with van der Waals surface area (Å²) in [5.74, 6) is 0. The highest BCUT2D eigenvalue weighted by atomic mass is 16.5. The normalized spacial score (nSPS) is 14.4. The van der Waals surface area contributed by atoms with Gasteiger partial charge in [-0.15, -0.1) is 0 Å². The van der Waals surface area contributed by atoms with Crippen LogP contribution in [-0.4, -0.2) is 38.9 Å². The molecule has 3 rings (SSSR count). The molecule has 0 saturated carbocycles. The van der Waals surface area contributed by atoms with E-state index in [2.05, 4.69) is 22.3 Å². The molecule has 26 heavy (non-hydrogen) atoms. The molecule has 0 aromatic heterocycles. The van der Waals surface area contributed by atoms with Gasteiger partial charge in [-0.2, -0.15) is 0 Å². The van der Waals surface area contributed by atoms with Crippen molar-refractivity contribution in [3.05, 3.63) is 71.8 Å². The molecule has 2 aromatic carbocycles. The average Bonchev–Trinajstić information content (AvgIpc) is 2.71. The molecule has 0 atom stereocenters. The third-order valence-electron chi connectivity index (χ3n) is 4.13. The maximum absolute atomic E-state index is 11.7. The van der Waals surface area contributed by atoms with Crippen LogP contribution in [0.15, 0.2) is 60.7 Å². The van der Waals surface area contributed by atoms with Gasteiger partial charge in [0.15, 0.2) is 0 Å². The maximum atomic E-state index is 11.7. The zero-order valence-corrected chi connectivity index (χ0v) is 14.8. The van der Waals surface area contributed by atoms with E-state index in [0.29, 0.717) is 6.54 Å². The zero-order chi connectivity index (χ0) is 18.0. The second-order valence-electron chi connectivity index (χ2n) is 6.04. The number of benzene rings is 2. The first-order chi connectivity index (χ1) is 12.8. The van der Waals surface area contributed by atoms with E-state index in [1.807, 2.05) is 54.6 Å². The number of amides is 1. The monoisotopic (exact) mass is 352 g/mol. The van der Waals surface area contributed by atoms with Crippen molar-refractivity contribution in [3.63, 3.8) is 0 Å². The third kappa shape index (κ3) is 5.63. The van der Waals surface area contributed by atoms with E-state index in [1.165, 1.54) is 5.69 Å². The summed E-state index contributed by atoms with van der Waals surface area (Å²) in [5.41, 5.74) is 3.28. The third-order valence-corrected chi connectivity index (χ3v) is 4.13. The summed E-state index contributed by atoms with van der Waals surface area (Å²) in [7, 11) is 0. The fraction of sp³-hybridized carbons (Fsp3) is 0.286. The molecule has 5 nitrogen and oxygen atoms in total. The Morgan fingerprint density at radius 1 is 1.12 bits per heavy atom. The lowest BCUT2D eigenvalue weighted by Crippen LogP contribution is -2.36. The number of carbonyl (C=O) groups is 1. The van der Waals surface area contributed by atoms with Crippen LogP contribution in [0.1, 0.15) is 11.1 Å². The SMILES string of the molecule is O=C(NCC=Cc1cccc(N2CCOCC2)c1)OCc1ccccc1. The van der Waals surface area contributed by atoms with Gasteiger partial charge in [0.05, 0.1) is 13.2 Å². The summed E-state index contributed by atoms with van der Waals surface area (Å²) < 4.78 is 10.6. The average molecular weight is 352 g/mol. The van der Waals surface area contributed by atoms with Gasteiger partial charge in [0, 0.05) is 25.3 Å². The van der Waals surface area contributed by atoms with Crippen LogP contribution in [-0.2, 0) is 16.1 Å². The molecule has 1 amide bonds. The van der Waals surface area contributed by atoms with E-state index in [1.54, 1.807) is 0 Å². The van der Waals surface area contributed by atoms with Crippen molar-refractivity contribution in [2.75, 3.05) is 37.7 Å². The quantitative estimate of drug-likeness (QED) is 0.865. The topological polar surface area (TPSA) is 50.8 Å². The Bertz CT molecular complexity index is 725. The van der Waals surface area contributed by atoms with Crippen molar-refractivity contribution in [1.29, 1.82) is 0 Å². The second kappa shape index (κ2) is 9.63. The molecule has 1 aliphatic rings. The summed E-state index contributed by atoms with van der Waals surface area (Å²) in [4.78, 5) is 14.0. The van der Waals surface area contributed by atoms with Gasteiger partial charge in [-0.1, -0.05) is 54.6 Å². The highest BCUT2D eigenvalue weighted by molar-refractivity contribution is 5.67. The predicted octanol–water partition coefficient (Wildman–Crippen LogP) is 3.46. The molecule has 1 fully saturated rings. The lowest BCUT2D eigenvalue weighted by atomic mass is 10.1. The summed E-state index contributed by atoms with van der Waals surface area (Å²) in [6.45, 7) is 4.08. The zero-order valence-electron chi connectivity index (χ0n) is 14.8. The standard InChI is InChI=1S/C21H24N2O3/c24-21(26-17-19-6-2-1-3-7-19)22-11-5-9-18-8-4-10-20(16-18)23-12-14-25-15-13-23/h1-10,16H,11-15,17H2,(H,22,24). The highest BCUT2D eigenvalue weighted by Gasteiger charge is 2.10. The van der Waals surface area contributed by atoms with Gasteiger partial charge in [0.1, 0.15) is 6.61 Å². The Balaban J connectivity index is 1.42. The van der Waals surface area contributed by atoms with Gasteiger partial charge < -0.3 is 19.7 Å². The van der Waals surface area contributed by atoms with Crippen LogP contribution in [0.4, 0.5) is 10.5 Å². The molecular formula is C21H24N2O3. The fourth-order valence-corrected chi connectivity index (χ4v) is 2.76. The van der Waals surface area contributed by atoms with Crippen molar-refractivity contribution in [1.82, 2.24) is 5.32 Å². The van der Waals surface area contributed by atoms with Crippen molar-refractivity contribution < 1.29 is 14.3 Å². The molecule has 5 heteroatoms. The molecule has 1 aliphatic heterocycles. The Hall–Kier alpha value is -2.79. The van der Waals surface area contributed by atoms with E-state index in [4.69, 9.17) is 9.47 Å². The van der Waals surface area contributed by atoms with Crippen molar-refractivity contribution in [2.45, 2.75) is 6.61 Å². The van der Waals surface area contributed by atoms with Gasteiger partial charge >= 0.3 is 6.09 Å². The largest absolute Gasteiger partial charge is 0.445 e. The van der Waals surface area contributed by atoms with Crippen LogP contribution in [0, 0.1) is 0 Å². The lowest BCUT2D eigenvalue weighted by Gasteiger charge is -2.29. The number of rotatable bonds is 6. The number of ether oxygens (including phenoxy) is 2. The molecule has 0 radical (unpaired) electrons. The minimum absolute atomic E-state index is 0.276. The molecule has 0 aliphatic carbocycles. The van der Waals surface area contributed by atoms with Crippen molar-refractivity contribution >= 4 is 17.9 Å². The first-order valence-electron chi connectivity index (χ1n) is 8.85. The fourth-order valence-electron chi connectivity index (χ4n) is 2.76. The molecule has 0 unspecified atom stereocenters. The van der Waals surface area contributed by atoms with Crippen LogP contribution in [0.2, 0.25) is 0 Å². The van der Waals surface area contributed by atoms with E-state index in [0.717, 1.165) is 37.4 Å². The second-order valence-corrected chi connectivity index (χ2v) is 6.04. The number of hydrogen-bond donors (Lipinski definition) is 1. The molecule has 2 aromatic rings. The number of carbonyl (C=O) groups excluding carboxylic acids is 1. The Morgan fingerprint density at radius 3 is 2.73 bits per heavy atom. The van der Waals surface area contributed by atoms with Gasteiger partial charge in [0.2, 0.25) is 0 Å². The number of hydrogen-bond acceptors (Lipinski definition) is 4. The van der Waals surface area contributed by atoms with Gasteiger partial charge in [-0.3, -0.25) is 0 Å². The summed E-state index contributed by atoms with van der Waals surface area (Å²) in [6, 6.07) is 18.0. The summed E-state index contributed by atoms with van der Waals surface area (Å²) >= 11 is 0. The van der Waals surface area contributed by atoms with Crippen LogP contribution in [0.25, 0.3) is 6.08 Å². The number of morpholine rings is 1. The van der Waals surface area contributed by atoms with Crippen LogP contribution in [0.5, 0.6) is 0 Å². The molecule has 1 saturated heterocycles. The van der Waals surface area contributed by atoms with Gasteiger partial charge in [0.25, 0.3) is 0 Å². The van der Waals surface area contributed by atoms with Crippen molar-refractivity contribution in [2.24, 2.45) is 0 Å². The number of alkyl carbamates (subject to hydrolysis) is 1. The molecular weight excluding hydrogens is 328 g/mol. The molecule has 0 bridgehead atoms. The summed E-state index contributed by atoms with van der Waals surface area (Å²) in [5, 5.41) is 2.73. The first kappa shape index (κ1) is 18.0. The number of anilines is 1. The molecule has 1 N–H and O–H groups in total. The van der Waals surface area contributed by atoms with Gasteiger partial charge in [-0.05, 0) is 23.3 Å².